The molecule has 0 heterocycles. The zero-order valence-electron chi connectivity index (χ0n) is 17.1. The second-order valence-corrected chi connectivity index (χ2v) is 6.44. The molecule has 0 saturated heterocycles. The average Bonchev–Trinajstić information content (AvgIpc) is 2.77. The molecule has 7 nitrogen and oxygen atoms in total. The average molecular weight is 409 g/mol. The van der Waals surface area contributed by atoms with Crippen LogP contribution in [0.25, 0.3) is 0 Å². The van der Waals surface area contributed by atoms with Crippen molar-refractivity contribution in [3.8, 4) is 11.5 Å². The molecular formula is C23H27N3O4. The molecule has 2 aromatic rings. The second kappa shape index (κ2) is 12.8. The largest absolute Gasteiger partial charge is 0.497 e. The standard InChI is InChI=1S/C23H27N3O4/c1-3-15-30-21-13-9-19(10-14-21)16-25-26-23(28)17-24-22(27)6-4-5-18-7-11-20(29-2)12-8-18/h3,7-14,16H,1,4-6,15,17H2,2H3,(H,24,27)(H,26,28). The quantitative estimate of drug-likeness (QED) is 0.321. The topological polar surface area (TPSA) is 89.0 Å². The van der Waals surface area contributed by atoms with Gasteiger partial charge < -0.3 is 14.8 Å². The van der Waals surface area contributed by atoms with Gasteiger partial charge in [-0.15, -0.1) is 0 Å². The van der Waals surface area contributed by atoms with E-state index in [9.17, 15) is 9.59 Å². The van der Waals surface area contributed by atoms with Gasteiger partial charge in [0.05, 0.1) is 19.9 Å². The molecule has 0 bridgehead atoms. The van der Waals surface area contributed by atoms with E-state index in [4.69, 9.17) is 9.47 Å². The van der Waals surface area contributed by atoms with Crippen molar-refractivity contribution in [3.63, 3.8) is 0 Å². The summed E-state index contributed by atoms with van der Waals surface area (Å²) < 4.78 is 10.5. The van der Waals surface area contributed by atoms with Gasteiger partial charge in [-0.25, -0.2) is 5.43 Å². The highest BCUT2D eigenvalue weighted by atomic mass is 16.5. The number of hydrogen-bond donors (Lipinski definition) is 2. The number of ether oxygens (including phenoxy) is 2. The zero-order valence-corrected chi connectivity index (χ0v) is 17.1. The third-order valence-corrected chi connectivity index (χ3v) is 4.13. The number of carbonyl (C=O) groups is 2. The Hall–Kier alpha value is -3.61. The third-order valence-electron chi connectivity index (χ3n) is 4.13. The smallest absolute Gasteiger partial charge is 0.259 e. The normalized spacial score (nSPS) is 10.4. The van der Waals surface area contributed by atoms with Crippen molar-refractivity contribution in [1.29, 1.82) is 0 Å². The fourth-order valence-electron chi connectivity index (χ4n) is 2.54. The molecule has 2 aromatic carbocycles. The third kappa shape index (κ3) is 8.60. The van der Waals surface area contributed by atoms with Gasteiger partial charge in [0.1, 0.15) is 18.1 Å². The lowest BCUT2D eigenvalue weighted by atomic mass is 10.1. The summed E-state index contributed by atoms with van der Waals surface area (Å²) in [7, 11) is 1.62. The summed E-state index contributed by atoms with van der Waals surface area (Å²) in [6.45, 7) is 3.92. The maximum atomic E-state index is 11.9. The highest BCUT2D eigenvalue weighted by molar-refractivity contribution is 5.86. The number of methoxy groups -OCH3 is 1. The fourth-order valence-corrected chi connectivity index (χ4v) is 2.54. The summed E-state index contributed by atoms with van der Waals surface area (Å²) in [6.07, 6.45) is 5.02. The summed E-state index contributed by atoms with van der Waals surface area (Å²) in [6, 6.07) is 15.0. The molecular weight excluding hydrogens is 382 g/mol. The van der Waals surface area contributed by atoms with Crippen molar-refractivity contribution in [1.82, 2.24) is 10.7 Å². The van der Waals surface area contributed by atoms with E-state index in [-0.39, 0.29) is 18.4 Å². The van der Waals surface area contributed by atoms with Crippen molar-refractivity contribution in [2.45, 2.75) is 19.3 Å². The Balaban J connectivity index is 1.61. The van der Waals surface area contributed by atoms with E-state index >= 15 is 0 Å². The van der Waals surface area contributed by atoms with E-state index < -0.39 is 0 Å². The van der Waals surface area contributed by atoms with Gasteiger partial charge in [0.15, 0.2) is 0 Å². The van der Waals surface area contributed by atoms with Gasteiger partial charge in [0.25, 0.3) is 5.91 Å². The molecule has 0 spiro atoms. The summed E-state index contributed by atoms with van der Waals surface area (Å²) in [5.74, 6) is 0.976. The molecule has 0 fully saturated rings. The van der Waals surface area contributed by atoms with Crippen molar-refractivity contribution in [2.75, 3.05) is 20.3 Å². The van der Waals surface area contributed by atoms with E-state index in [1.807, 2.05) is 36.4 Å². The van der Waals surface area contributed by atoms with Gasteiger partial charge in [-0.2, -0.15) is 5.10 Å². The lowest BCUT2D eigenvalue weighted by Crippen LogP contribution is -2.34. The van der Waals surface area contributed by atoms with Crippen molar-refractivity contribution >= 4 is 18.0 Å². The van der Waals surface area contributed by atoms with Gasteiger partial charge in [0.2, 0.25) is 5.91 Å². The van der Waals surface area contributed by atoms with Crippen LogP contribution in [0.15, 0.2) is 66.3 Å². The van der Waals surface area contributed by atoms with Crippen LogP contribution < -0.4 is 20.2 Å². The van der Waals surface area contributed by atoms with Crippen LogP contribution in [0, 0.1) is 0 Å². The van der Waals surface area contributed by atoms with Gasteiger partial charge in [0, 0.05) is 6.42 Å². The molecule has 7 heteroatoms. The predicted molar refractivity (Wildman–Crippen MR) is 117 cm³/mol. The Morgan fingerprint density at radius 3 is 2.40 bits per heavy atom. The Kier molecular flexibility index (Phi) is 9.65. The minimum Gasteiger partial charge on any atom is -0.497 e. The number of rotatable bonds is 12. The van der Waals surface area contributed by atoms with Gasteiger partial charge >= 0.3 is 0 Å². The van der Waals surface area contributed by atoms with Crippen molar-refractivity contribution < 1.29 is 19.1 Å². The fraction of sp³-hybridized carbons (Fsp3) is 0.261. The van der Waals surface area contributed by atoms with Crippen LogP contribution in [0.2, 0.25) is 0 Å². The van der Waals surface area contributed by atoms with E-state index in [1.165, 1.54) is 6.21 Å². The van der Waals surface area contributed by atoms with Crippen molar-refractivity contribution in [3.05, 3.63) is 72.3 Å². The highest BCUT2D eigenvalue weighted by Crippen LogP contribution is 2.13. The molecule has 0 atom stereocenters. The SMILES string of the molecule is C=CCOc1ccc(C=NNC(=O)CNC(=O)CCCc2ccc(OC)cc2)cc1. The molecule has 0 aliphatic heterocycles. The van der Waals surface area contributed by atoms with Gasteiger partial charge in [-0.3, -0.25) is 9.59 Å². The summed E-state index contributed by atoms with van der Waals surface area (Å²) in [5.41, 5.74) is 4.33. The van der Waals surface area contributed by atoms with Crippen LogP contribution in [0.1, 0.15) is 24.0 Å². The van der Waals surface area contributed by atoms with Gasteiger partial charge in [-0.1, -0.05) is 24.8 Å². The number of hydrazone groups is 1. The molecule has 0 saturated carbocycles. The number of amides is 2. The monoisotopic (exact) mass is 409 g/mol. The number of carbonyl (C=O) groups excluding carboxylic acids is 2. The first kappa shape index (κ1) is 22.7. The lowest BCUT2D eigenvalue weighted by Gasteiger charge is -2.05. The minimum absolute atomic E-state index is 0.118. The van der Waals surface area contributed by atoms with E-state index in [0.29, 0.717) is 19.4 Å². The maximum absolute atomic E-state index is 11.9. The van der Waals surface area contributed by atoms with Crippen molar-refractivity contribution in [2.24, 2.45) is 5.10 Å². The lowest BCUT2D eigenvalue weighted by molar-refractivity contribution is -0.126. The molecule has 0 aliphatic carbocycles. The molecule has 0 unspecified atom stereocenters. The first-order chi connectivity index (χ1) is 14.6. The Morgan fingerprint density at radius 1 is 1.03 bits per heavy atom. The number of hydrogen-bond acceptors (Lipinski definition) is 5. The van der Waals surface area contributed by atoms with Crippen LogP contribution in [-0.4, -0.2) is 38.3 Å². The molecule has 0 radical (unpaired) electrons. The van der Waals surface area contributed by atoms with E-state index in [2.05, 4.69) is 22.4 Å². The van der Waals surface area contributed by atoms with Crippen LogP contribution in [-0.2, 0) is 16.0 Å². The molecule has 2 N–H and O–H groups in total. The van der Waals surface area contributed by atoms with Gasteiger partial charge in [-0.05, 0) is 60.4 Å². The summed E-state index contributed by atoms with van der Waals surface area (Å²) in [5, 5.41) is 6.48. The Labute approximate surface area is 176 Å². The first-order valence-electron chi connectivity index (χ1n) is 9.66. The maximum Gasteiger partial charge on any atom is 0.259 e. The molecule has 0 aliphatic rings. The second-order valence-electron chi connectivity index (χ2n) is 6.44. The Bertz CT molecular complexity index is 846. The van der Waals surface area contributed by atoms with E-state index in [0.717, 1.165) is 29.0 Å². The predicted octanol–water partition coefficient (Wildman–Crippen LogP) is 2.85. The van der Waals surface area contributed by atoms with Crippen LogP contribution in [0.4, 0.5) is 0 Å². The number of nitrogens with zero attached hydrogens (tertiary/aromatic N) is 1. The molecule has 30 heavy (non-hydrogen) atoms. The van der Waals surface area contributed by atoms with Crippen LogP contribution in [0.3, 0.4) is 0 Å². The summed E-state index contributed by atoms with van der Waals surface area (Å²) >= 11 is 0. The summed E-state index contributed by atoms with van der Waals surface area (Å²) in [4.78, 5) is 23.7. The van der Waals surface area contributed by atoms with E-state index in [1.54, 1.807) is 25.3 Å². The molecule has 2 rings (SSSR count). The van der Waals surface area contributed by atoms with Crippen LogP contribution >= 0.6 is 0 Å². The zero-order chi connectivity index (χ0) is 21.6. The first-order valence-corrected chi connectivity index (χ1v) is 9.66. The Morgan fingerprint density at radius 2 is 1.73 bits per heavy atom. The number of nitrogens with one attached hydrogen (secondary N) is 2. The molecule has 0 aromatic heterocycles. The molecule has 2 amide bonds. The number of benzene rings is 2. The molecule has 158 valence electrons. The number of aryl methyl sites for hydroxylation is 1. The van der Waals surface area contributed by atoms with Crippen LogP contribution in [0.5, 0.6) is 11.5 Å². The minimum atomic E-state index is -0.388. The highest BCUT2D eigenvalue weighted by Gasteiger charge is 2.05.